The number of ether oxygens (including phenoxy) is 3. The van der Waals surface area contributed by atoms with Gasteiger partial charge in [0.1, 0.15) is 11.9 Å². The van der Waals surface area contributed by atoms with Crippen molar-refractivity contribution in [3.05, 3.63) is 24.3 Å². The van der Waals surface area contributed by atoms with Crippen molar-refractivity contribution in [2.24, 2.45) is 0 Å². The molecule has 2 aliphatic heterocycles. The van der Waals surface area contributed by atoms with Gasteiger partial charge in [-0.2, -0.15) is 0 Å². The zero-order valence-corrected chi connectivity index (χ0v) is 19.2. The van der Waals surface area contributed by atoms with Crippen LogP contribution in [0.5, 0.6) is 5.75 Å². The predicted octanol–water partition coefficient (Wildman–Crippen LogP) is 2.29. The van der Waals surface area contributed by atoms with Crippen LogP contribution in [0.15, 0.2) is 24.3 Å². The highest BCUT2D eigenvalue weighted by Gasteiger charge is 2.40. The number of aliphatic hydroxyl groups excluding tert-OH is 1. The Bertz CT molecular complexity index is 815. The fraction of sp³-hybridized carbons (Fsp3) is 0.667. The molecular weight excluding hydrogens is 426 g/mol. The number of carbonyl (C=O) groups is 2. The van der Waals surface area contributed by atoms with E-state index in [1.165, 1.54) is 12.8 Å². The maximum Gasteiger partial charge on any atom is 0.322 e. The number of β-amino-alcohol motifs (C(OH)–C–C–N with tert-alkyl or cyclic N) is 1. The molecule has 1 saturated carbocycles. The second-order valence-electron chi connectivity index (χ2n) is 9.20. The molecule has 9 nitrogen and oxygen atoms in total. The molecule has 3 fully saturated rings. The van der Waals surface area contributed by atoms with Crippen molar-refractivity contribution in [2.45, 2.75) is 75.3 Å². The van der Waals surface area contributed by atoms with Crippen molar-refractivity contribution >= 4 is 17.6 Å². The summed E-state index contributed by atoms with van der Waals surface area (Å²) in [6.07, 6.45) is 4.76. The third kappa shape index (κ3) is 6.37. The Morgan fingerprint density at radius 1 is 1.18 bits per heavy atom. The first kappa shape index (κ1) is 23.8. The van der Waals surface area contributed by atoms with Gasteiger partial charge in [-0.3, -0.25) is 4.79 Å². The van der Waals surface area contributed by atoms with Crippen molar-refractivity contribution in [1.82, 2.24) is 10.2 Å². The third-order valence-corrected chi connectivity index (χ3v) is 6.70. The lowest BCUT2D eigenvalue weighted by Gasteiger charge is -2.44. The van der Waals surface area contributed by atoms with Crippen molar-refractivity contribution in [2.75, 3.05) is 32.2 Å². The van der Waals surface area contributed by atoms with E-state index in [0.717, 1.165) is 12.8 Å². The van der Waals surface area contributed by atoms with Gasteiger partial charge in [-0.25, -0.2) is 4.79 Å². The standard InChI is InChI=1S/C24H35N3O6/c1-31-19-8-4-7-17(11-19)26-24(30)27-13-18(28)14-32-15-22-21(27)10-9-20(33-22)12-23(29)25-16-5-2-3-6-16/h4,7-8,11,16,18,20-22,28H,2-3,5-6,9-10,12-15H2,1H3,(H,25,29)(H,26,30)/t18-,20-,21+,22-/m0/s1. The Hall–Kier alpha value is -2.36. The number of aliphatic hydroxyl groups is 1. The Kier molecular flexibility index (Phi) is 8.06. The van der Waals surface area contributed by atoms with Crippen LogP contribution in [0.3, 0.4) is 0 Å². The van der Waals surface area contributed by atoms with Gasteiger partial charge in [0.05, 0.1) is 51.5 Å². The Balaban J connectivity index is 1.39. The zero-order chi connectivity index (χ0) is 23.2. The highest BCUT2D eigenvalue weighted by Crippen LogP contribution is 2.29. The van der Waals surface area contributed by atoms with Gasteiger partial charge in [-0.15, -0.1) is 0 Å². The average Bonchev–Trinajstić information content (AvgIpc) is 3.29. The first-order valence-corrected chi connectivity index (χ1v) is 11.9. The topological polar surface area (TPSA) is 109 Å². The SMILES string of the molecule is COc1cccc(NC(=O)N2C[C@H](O)COC[C@@H]3O[C@H](CC(=O)NC4CCCC4)CC[C@H]32)c1. The molecule has 1 aromatic rings. The smallest absolute Gasteiger partial charge is 0.322 e. The normalized spacial score (nSPS) is 28.4. The maximum atomic E-state index is 13.2. The number of nitrogens with zero attached hydrogens (tertiary/aromatic N) is 1. The number of anilines is 1. The first-order valence-electron chi connectivity index (χ1n) is 11.9. The lowest BCUT2D eigenvalue weighted by atomic mass is 9.95. The summed E-state index contributed by atoms with van der Waals surface area (Å²) in [6.45, 7) is 0.543. The van der Waals surface area contributed by atoms with E-state index in [-0.39, 0.29) is 56.0 Å². The maximum absolute atomic E-state index is 13.2. The second-order valence-corrected chi connectivity index (χ2v) is 9.20. The van der Waals surface area contributed by atoms with Crippen molar-refractivity contribution in [3.8, 4) is 5.75 Å². The number of benzene rings is 1. The van der Waals surface area contributed by atoms with Crippen molar-refractivity contribution < 1.29 is 28.9 Å². The molecule has 1 aromatic carbocycles. The fourth-order valence-electron chi connectivity index (χ4n) is 5.03. The number of methoxy groups -OCH3 is 1. The minimum Gasteiger partial charge on any atom is -0.497 e. The largest absolute Gasteiger partial charge is 0.497 e. The fourth-order valence-corrected chi connectivity index (χ4v) is 5.03. The van der Waals surface area contributed by atoms with Gasteiger partial charge < -0.3 is 34.9 Å². The number of carbonyl (C=O) groups excluding carboxylic acids is 2. The van der Waals surface area contributed by atoms with E-state index >= 15 is 0 Å². The van der Waals surface area contributed by atoms with Crippen LogP contribution in [0, 0.1) is 0 Å². The summed E-state index contributed by atoms with van der Waals surface area (Å²) in [4.78, 5) is 27.3. The molecule has 0 radical (unpaired) electrons. The average molecular weight is 462 g/mol. The highest BCUT2D eigenvalue weighted by molar-refractivity contribution is 5.89. The van der Waals surface area contributed by atoms with Crippen LogP contribution in [-0.4, -0.2) is 79.2 Å². The first-order chi connectivity index (χ1) is 16.0. The summed E-state index contributed by atoms with van der Waals surface area (Å²) in [6, 6.07) is 6.88. The van der Waals surface area contributed by atoms with Crippen LogP contribution in [-0.2, 0) is 14.3 Å². The lowest BCUT2D eigenvalue weighted by molar-refractivity contribution is -0.150. The monoisotopic (exact) mass is 461 g/mol. The Labute approximate surface area is 194 Å². The van der Waals surface area contributed by atoms with Crippen molar-refractivity contribution in [3.63, 3.8) is 0 Å². The summed E-state index contributed by atoms with van der Waals surface area (Å²) in [5, 5.41) is 16.3. The van der Waals surface area contributed by atoms with E-state index in [9.17, 15) is 14.7 Å². The molecule has 3 aliphatic rings. The minimum atomic E-state index is -0.781. The van der Waals surface area contributed by atoms with E-state index in [4.69, 9.17) is 14.2 Å². The molecular formula is C24H35N3O6. The zero-order valence-electron chi connectivity index (χ0n) is 19.2. The van der Waals surface area contributed by atoms with E-state index in [1.54, 1.807) is 36.3 Å². The predicted molar refractivity (Wildman–Crippen MR) is 122 cm³/mol. The number of fused-ring (bicyclic) bond motifs is 1. The molecule has 3 amide bonds. The number of rotatable bonds is 5. The van der Waals surface area contributed by atoms with Crippen LogP contribution in [0.2, 0.25) is 0 Å². The van der Waals surface area contributed by atoms with Crippen LogP contribution in [0.4, 0.5) is 10.5 Å². The van der Waals surface area contributed by atoms with Gasteiger partial charge >= 0.3 is 6.03 Å². The quantitative estimate of drug-likeness (QED) is 0.621. The van der Waals surface area contributed by atoms with Crippen molar-refractivity contribution in [1.29, 1.82) is 0 Å². The van der Waals surface area contributed by atoms with Gasteiger partial charge in [0.15, 0.2) is 0 Å². The molecule has 3 N–H and O–H groups in total. The summed E-state index contributed by atoms with van der Waals surface area (Å²) in [7, 11) is 1.57. The van der Waals surface area contributed by atoms with Crippen LogP contribution < -0.4 is 15.4 Å². The lowest BCUT2D eigenvalue weighted by Crippen LogP contribution is -2.58. The third-order valence-electron chi connectivity index (χ3n) is 6.70. The second kappa shape index (κ2) is 11.2. The molecule has 0 aromatic heterocycles. The molecule has 0 bridgehead atoms. The van der Waals surface area contributed by atoms with Gasteiger partial charge in [0, 0.05) is 17.8 Å². The van der Waals surface area contributed by atoms with E-state index in [2.05, 4.69) is 10.6 Å². The number of nitrogens with one attached hydrogen (secondary N) is 2. The van der Waals surface area contributed by atoms with Crippen LogP contribution in [0.1, 0.15) is 44.9 Å². The van der Waals surface area contributed by atoms with E-state index in [1.807, 2.05) is 0 Å². The van der Waals surface area contributed by atoms with Crippen LogP contribution in [0.25, 0.3) is 0 Å². The van der Waals surface area contributed by atoms with E-state index < -0.39 is 6.10 Å². The number of amides is 3. The summed E-state index contributed by atoms with van der Waals surface area (Å²) in [5.74, 6) is 0.673. The molecule has 0 spiro atoms. The Morgan fingerprint density at radius 2 is 2.00 bits per heavy atom. The summed E-state index contributed by atoms with van der Waals surface area (Å²) in [5.41, 5.74) is 0.613. The number of hydrogen-bond donors (Lipinski definition) is 3. The molecule has 2 saturated heterocycles. The Morgan fingerprint density at radius 3 is 2.79 bits per heavy atom. The van der Waals surface area contributed by atoms with Gasteiger partial charge in [-0.1, -0.05) is 18.9 Å². The minimum absolute atomic E-state index is 0.0279. The molecule has 4 atom stereocenters. The molecule has 9 heteroatoms. The molecule has 33 heavy (non-hydrogen) atoms. The number of urea groups is 1. The molecule has 0 unspecified atom stereocenters. The van der Waals surface area contributed by atoms with E-state index in [0.29, 0.717) is 30.7 Å². The van der Waals surface area contributed by atoms with Crippen LogP contribution >= 0.6 is 0 Å². The number of hydrogen-bond acceptors (Lipinski definition) is 6. The van der Waals surface area contributed by atoms with Gasteiger partial charge in [-0.05, 0) is 37.8 Å². The summed E-state index contributed by atoms with van der Waals surface area (Å²) < 4.78 is 17.1. The van der Waals surface area contributed by atoms with Gasteiger partial charge in [0.2, 0.25) is 5.91 Å². The molecule has 182 valence electrons. The summed E-state index contributed by atoms with van der Waals surface area (Å²) >= 11 is 0. The molecule has 1 aliphatic carbocycles. The molecule has 2 heterocycles. The van der Waals surface area contributed by atoms with Gasteiger partial charge in [0.25, 0.3) is 0 Å². The molecule has 4 rings (SSSR count). The highest BCUT2D eigenvalue weighted by atomic mass is 16.5.